The molecule has 0 N–H and O–H groups in total. The van der Waals surface area contributed by atoms with Gasteiger partial charge in [-0.05, 0) is 24.3 Å². The van der Waals surface area contributed by atoms with Gasteiger partial charge in [-0.25, -0.2) is 8.42 Å². The summed E-state index contributed by atoms with van der Waals surface area (Å²) in [4.78, 5) is 0.134. The number of aromatic nitrogens is 1. The topological polar surface area (TPSA) is 60.8 Å². The van der Waals surface area contributed by atoms with Gasteiger partial charge in [0.05, 0.1) is 20.8 Å². The van der Waals surface area contributed by atoms with Crippen LogP contribution in [0.15, 0.2) is 41.4 Å². The molecule has 0 saturated carbocycles. The van der Waals surface area contributed by atoms with E-state index in [0.717, 1.165) is 5.69 Å². The Balaban J connectivity index is 2.00. The molecule has 7 heteroatoms. The molecular formula is C15H18N2O4S. The number of rotatable bonds is 4. The Bertz CT molecular complexity index is 783. The molecule has 0 radical (unpaired) electrons. The van der Waals surface area contributed by atoms with Gasteiger partial charge in [0.2, 0.25) is 10.0 Å². The van der Waals surface area contributed by atoms with Gasteiger partial charge in [-0.15, -0.1) is 0 Å². The summed E-state index contributed by atoms with van der Waals surface area (Å²) < 4.78 is 39.8. The molecule has 22 heavy (non-hydrogen) atoms. The van der Waals surface area contributed by atoms with E-state index in [1.54, 1.807) is 12.1 Å². The molecule has 1 aromatic carbocycles. The average molecular weight is 322 g/mol. The van der Waals surface area contributed by atoms with Gasteiger partial charge >= 0.3 is 0 Å². The Morgan fingerprint density at radius 1 is 1.09 bits per heavy atom. The van der Waals surface area contributed by atoms with Gasteiger partial charge in [-0.1, -0.05) is 0 Å². The van der Waals surface area contributed by atoms with Crippen LogP contribution in [0.5, 0.6) is 11.5 Å². The molecule has 1 aliphatic heterocycles. The van der Waals surface area contributed by atoms with Crippen LogP contribution in [0, 0.1) is 0 Å². The first kappa shape index (κ1) is 14.9. The predicted molar refractivity (Wildman–Crippen MR) is 81.6 cm³/mol. The number of ether oxygens (including phenoxy) is 2. The van der Waals surface area contributed by atoms with Crippen molar-refractivity contribution in [3.05, 3.63) is 42.2 Å². The lowest BCUT2D eigenvalue weighted by molar-refractivity contribution is 0.337. The Kier molecular flexibility index (Phi) is 3.84. The van der Waals surface area contributed by atoms with E-state index in [1.807, 2.05) is 18.3 Å². The van der Waals surface area contributed by atoms with Crippen LogP contribution < -0.4 is 9.47 Å². The van der Waals surface area contributed by atoms with E-state index in [0.29, 0.717) is 31.1 Å². The molecule has 0 spiro atoms. The van der Waals surface area contributed by atoms with Crippen LogP contribution in [0.25, 0.3) is 0 Å². The molecule has 0 bridgehead atoms. The lowest BCUT2D eigenvalue weighted by Gasteiger charge is -2.28. The number of nitrogens with zero attached hydrogens (tertiary/aromatic N) is 2. The highest BCUT2D eigenvalue weighted by Gasteiger charge is 2.31. The normalized spacial score (nSPS) is 15.4. The standard InChI is InChI=1S/C15H18N2O4S/c1-20-13-5-6-14(21-2)15(10-13)22(18,19)17-9-8-16-7-3-4-12(16)11-17/h3-7,10H,8-9,11H2,1-2H3. The molecular weight excluding hydrogens is 304 g/mol. The Hall–Kier alpha value is -1.99. The second-order valence-electron chi connectivity index (χ2n) is 5.05. The zero-order valence-corrected chi connectivity index (χ0v) is 13.3. The first-order valence-corrected chi connectivity index (χ1v) is 8.36. The monoisotopic (exact) mass is 322 g/mol. The van der Waals surface area contributed by atoms with E-state index >= 15 is 0 Å². The zero-order valence-electron chi connectivity index (χ0n) is 12.5. The second-order valence-corrected chi connectivity index (χ2v) is 6.95. The van der Waals surface area contributed by atoms with Crippen LogP contribution in [-0.4, -0.2) is 38.1 Å². The molecule has 6 nitrogen and oxygen atoms in total. The Labute approximate surface area is 129 Å². The van der Waals surface area contributed by atoms with Crippen molar-refractivity contribution < 1.29 is 17.9 Å². The van der Waals surface area contributed by atoms with E-state index in [-0.39, 0.29) is 4.90 Å². The largest absolute Gasteiger partial charge is 0.497 e. The van der Waals surface area contributed by atoms with Crippen molar-refractivity contribution in [2.75, 3.05) is 20.8 Å². The molecule has 2 heterocycles. The van der Waals surface area contributed by atoms with Gasteiger partial charge < -0.3 is 14.0 Å². The van der Waals surface area contributed by atoms with E-state index in [9.17, 15) is 8.42 Å². The zero-order chi connectivity index (χ0) is 15.7. The molecule has 3 rings (SSSR count). The van der Waals surface area contributed by atoms with Crippen molar-refractivity contribution in [1.29, 1.82) is 0 Å². The van der Waals surface area contributed by atoms with Crippen molar-refractivity contribution in [2.24, 2.45) is 0 Å². The molecule has 1 aliphatic rings. The maximum atomic E-state index is 12.9. The first-order valence-electron chi connectivity index (χ1n) is 6.92. The van der Waals surface area contributed by atoms with Gasteiger partial charge in [0.1, 0.15) is 16.4 Å². The van der Waals surface area contributed by atoms with Crippen molar-refractivity contribution in [2.45, 2.75) is 18.0 Å². The highest BCUT2D eigenvalue weighted by molar-refractivity contribution is 7.89. The Morgan fingerprint density at radius 2 is 1.91 bits per heavy atom. The van der Waals surface area contributed by atoms with Crippen LogP contribution in [0.2, 0.25) is 0 Å². The number of hydrogen-bond acceptors (Lipinski definition) is 4. The summed E-state index contributed by atoms with van der Waals surface area (Å²) in [5, 5.41) is 0. The number of benzene rings is 1. The number of hydrogen-bond donors (Lipinski definition) is 0. The molecule has 1 aromatic heterocycles. The smallest absolute Gasteiger partial charge is 0.247 e. The number of fused-ring (bicyclic) bond motifs is 1. The molecule has 0 unspecified atom stereocenters. The first-order chi connectivity index (χ1) is 10.6. The van der Waals surface area contributed by atoms with Gasteiger partial charge in [0.15, 0.2) is 0 Å². The lowest BCUT2D eigenvalue weighted by Crippen LogP contribution is -2.38. The molecule has 0 fully saturated rings. The van der Waals surface area contributed by atoms with Crippen LogP contribution in [0.1, 0.15) is 5.69 Å². The van der Waals surface area contributed by atoms with Gasteiger partial charge in [-0.3, -0.25) is 0 Å². The fourth-order valence-electron chi connectivity index (χ4n) is 2.62. The maximum Gasteiger partial charge on any atom is 0.247 e. The number of methoxy groups -OCH3 is 2. The summed E-state index contributed by atoms with van der Waals surface area (Å²) in [7, 11) is -0.677. The van der Waals surface area contributed by atoms with Crippen molar-refractivity contribution >= 4 is 10.0 Å². The van der Waals surface area contributed by atoms with Crippen molar-refractivity contribution in [3.63, 3.8) is 0 Å². The maximum absolute atomic E-state index is 12.9. The summed E-state index contributed by atoms with van der Waals surface area (Å²) in [5.74, 6) is 0.807. The van der Waals surface area contributed by atoms with Crippen molar-refractivity contribution in [3.8, 4) is 11.5 Å². The van der Waals surface area contributed by atoms with E-state index in [4.69, 9.17) is 9.47 Å². The second kappa shape index (κ2) is 5.66. The van der Waals surface area contributed by atoms with E-state index < -0.39 is 10.0 Å². The third-order valence-electron chi connectivity index (χ3n) is 3.84. The van der Waals surface area contributed by atoms with Gasteiger partial charge in [0.25, 0.3) is 0 Å². The summed E-state index contributed by atoms with van der Waals surface area (Å²) in [6, 6.07) is 8.65. The third-order valence-corrected chi connectivity index (χ3v) is 5.71. The van der Waals surface area contributed by atoms with E-state index in [2.05, 4.69) is 4.57 Å². The lowest BCUT2D eigenvalue weighted by atomic mass is 10.3. The highest BCUT2D eigenvalue weighted by Crippen LogP contribution is 2.32. The fourth-order valence-corrected chi connectivity index (χ4v) is 4.19. The van der Waals surface area contributed by atoms with Gasteiger partial charge in [-0.2, -0.15) is 4.31 Å². The summed E-state index contributed by atoms with van der Waals surface area (Å²) in [6.07, 6.45) is 1.96. The minimum atomic E-state index is -3.64. The highest BCUT2D eigenvalue weighted by atomic mass is 32.2. The van der Waals surface area contributed by atoms with Crippen LogP contribution >= 0.6 is 0 Å². The minimum absolute atomic E-state index is 0.134. The molecule has 2 aromatic rings. The molecule has 118 valence electrons. The predicted octanol–water partition coefficient (Wildman–Crippen LogP) is 1.71. The fraction of sp³-hybridized carbons (Fsp3) is 0.333. The average Bonchev–Trinajstić information content (AvgIpc) is 3.01. The van der Waals surface area contributed by atoms with Crippen LogP contribution in [0.4, 0.5) is 0 Å². The summed E-state index contributed by atoms with van der Waals surface area (Å²) >= 11 is 0. The molecule has 0 amide bonds. The summed E-state index contributed by atoms with van der Waals surface area (Å²) in [5.41, 5.74) is 0.983. The minimum Gasteiger partial charge on any atom is -0.497 e. The Morgan fingerprint density at radius 3 is 2.64 bits per heavy atom. The molecule has 0 aliphatic carbocycles. The van der Waals surface area contributed by atoms with E-state index in [1.165, 1.54) is 24.6 Å². The molecule has 0 saturated heterocycles. The third kappa shape index (κ3) is 2.46. The van der Waals surface area contributed by atoms with Crippen LogP contribution in [-0.2, 0) is 23.1 Å². The van der Waals surface area contributed by atoms with Gasteiger partial charge in [0, 0.05) is 31.0 Å². The molecule has 0 atom stereocenters. The number of sulfonamides is 1. The SMILES string of the molecule is COc1ccc(OC)c(S(=O)(=O)N2CCn3cccc3C2)c1. The quantitative estimate of drug-likeness (QED) is 0.860. The van der Waals surface area contributed by atoms with Crippen molar-refractivity contribution in [1.82, 2.24) is 8.87 Å². The van der Waals surface area contributed by atoms with Crippen LogP contribution in [0.3, 0.4) is 0 Å². The summed E-state index contributed by atoms with van der Waals surface area (Å²) in [6.45, 7) is 1.44.